The van der Waals surface area contributed by atoms with E-state index < -0.39 is 10.0 Å². The third-order valence-corrected chi connectivity index (χ3v) is 6.66. The van der Waals surface area contributed by atoms with E-state index in [4.69, 9.17) is 21.1 Å². The Morgan fingerprint density at radius 2 is 1.74 bits per heavy atom. The minimum Gasteiger partial charge on any atom is -0.495 e. The maximum atomic E-state index is 13.2. The molecule has 5 nitrogen and oxygen atoms in total. The maximum Gasteiger partial charge on any atom is 0.247 e. The zero-order valence-corrected chi connectivity index (χ0v) is 15.4. The van der Waals surface area contributed by atoms with Gasteiger partial charge < -0.3 is 9.47 Å². The molecule has 0 amide bonds. The molecule has 1 saturated carbocycles. The fourth-order valence-corrected chi connectivity index (χ4v) is 5.23. The summed E-state index contributed by atoms with van der Waals surface area (Å²) in [6.07, 6.45) is 5.11. The van der Waals surface area contributed by atoms with Gasteiger partial charge >= 0.3 is 0 Å². The Morgan fingerprint density at radius 3 is 2.26 bits per heavy atom. The summed E-state index contributed by atoms with van der Waals surface area (Å²) in [5, 5.41) is 0.323. The lowest BCUT2D eigenvalue weighted by atomic mass is 9.95. The predicted molar refractivity (Wildman–Crippen MR) is 91.0 cm³/mol. The van der Waals surface area contributed by atoms with Crippen LogP contribution in [-0.2, 0) is 10.0 Å². The van der Waals surface area contributed by atoms with Crippen molar-refractivity contribution in [3.8, 4) is 11.5 Å². The normalized spacial score (nSPS) is 16.6. The molecule has 1 aliphatic rings. The molecule has 2 rings (SSSR count). The summed E-state index contributed by atoms with van der Waals surface area (Å²) in [5.74, 6) is 0.566. The number of hydrogen-bond donors (Lipinski definition) is 0. The lowest BCUT2D eigenvalue weighted by Gasteiger charge is -2.33. The van der Waals surface area contributed by atoms with Crippen LogP contribution in [0.1, 0.15) is 39.0 Å². The highest BCUT2D eigenvalue weighted by molar-refractivity contribution is 7.89. The Balaban J connectivity index is 2.48. The highest BCUT2D eigenvalue weighted by Crippen LogP contribution is 2.38. The van der Waals surface area contributed by atoms with E-state index in [2.05, 4.69) is 0 Å². The molecule has 1 aliphatic carbocycles. The SMILES string of the molecule is CCN(C1CCCCC1)S(=O)(=O)c1cc(OC)c(Cl)cc1OC. The maximum absolute atomic E-state index is 13.2. The van der Waals surface area contributed by atoms with E-state index in [1.54, 1.807) is 4.31 Å². The summed E-state index contributed by atoms with van der Waals surface area (Å²) in [7, 11) is -0.774. The van der Waals surface area contributed by atoms with E-state index in [0.717, 1.165) is 25.7 Å². The topological polar surface area (TPSA) is 55.8 Å². The fourth-order valence-electron chi connectivity index (χ4n) is 3.15. The Labute approximate surface area is 143 Å². The molecule has 7 heteroatoms. The van der Waals surface area contributed by atoms with Gasteiger partial charge in [-0.3, -0.25) is 0 Å². The minimum absolute atomic E-state index is 0.0464. The summed E-state index contributed by atoms with van der Waals surface area (Å²) in [5.41, 5.74) is 0. The number of methoxy groups -OCH3 is 2. The quantitative estimate of drug-likeness (QED) is 0.775. The first-order valence-corrected chi connectivity index (χ1v) is 9.70. The third kappa shape index (κ3) is 3.75. The van der Waals surface area contributed by atoms with Gasteiger partial charge in [0.1, 0.15) is 16.4 Å². The number of ether oxygens (including phenoxy) is 2. The first-order valence-electron chi connectivity index (χ1n) is 7.89. The Kier molecular flexibility index (Phi) is 6.17. The number of nitrogens with zero attached hydrogens (tertiary/aromatic N) is 1. The smallest absolute Gasteiger partial charge is 0.247 e. The number of hydrogen-bond acceptors (Lipinski definition) is 4. The first-order chi connectivity index (χ1) is 11.0. The molecule has 0 saturated heterocycles. The average molecular weight is 362 g/mol. The van der Waals surface area contributed by atoms with Crippen LogP contribution in [0.2, 0.25) is 5.02 Å². The summed E-state index contributed by atoms with van der Waals surface area (Å²) in [6, 6.07) is 2.98. The highest BCUT2D eigenvalue weighted by Gasteiger charge is 2.33. The molecule has 0 spiro atoms. The van der Waals surface area contributed by atoms with E-state index in [9.17, 15) is 8.42 Å². The van der Waals surface area contributed by atoms with Crippen molar-refractivity contribution in [3.63, 3.8) is 0 Å². The Morgan fingerprint density at radius 1 is 1.13 bits per heavy atom. The second kappa shape index (κ2) is 7.73. The van der Waals surface area contributed by atoms with Crippen molar-refractivity contribution in [2.45, 2.75) is 50.0 Å². The molecule has 0 aliphatic heterocycles. The molecule has 1 aromatic carbocycles. The number of benzene rings is 1. The number of sulfonamides is 1. The summed E-state index contributed by atoms with van der Waals surface area (Å²) >= 11 is 6.08. The molecule has 1 aromatic rings. The van der Waals surface area contributed by atoms with Crippen molar-refractivity contribution in [3.05, 3.63) is 17.2 Å². The largest absolute Gasteiger partial charge is 0.495 e. The first kappa shape index (κ1) is 18.4. The molecule has 0 atom stereocenters. The van der Waals surface area contributed by atoms with Gasteiger partial charge in [0, 0.05) is 24.7 Å². The molecule has 130 valence electrons. The van der Waals surface area contributed by atoms with Crippen LogP contribution in [0.25, 0.3) is 0 Å². The van der Waals surface area contributed by atoms with E-state index in [1.165, 1.54) is 32.8 Å². The van der Waals surface area contributed by atoms with Crippen LogP contribution in [0.3, 0.4) is 0 Å². The zero-order valence-electron chi connectivity index (χ0n) is 13.8. The lowest BCUT2D eigenvalue weighted by molar-refractivity contribution is 0.260. The van der Waals surface area contributed by atoms with Gasteiger partial charge in [-0.2, -0.15) is 4.31 Å². The van der Waals surface area contributed by atoms with Crippen molar-refractivity contribution in [1.82, 2.24) is 4.31 Å². The molecule has 1 fully saturated rings. The molecule has 23 heavy (non-hydrogen) atoms. The molecular weight excluding hydrogens is 338 g/mol. The Hall–Kier alpha value is -0.980. The highest BCUT2D eigenvalue weighted by atomic mass is 35.5. The van der Waals surface area contributed by atoms with Gasteiger partial charge in [0.15, 0.2) is 0 Å². The number of halogens is 1. The van der Waals surface area contributed by atoms with Crippen LogP contribution in [0.15, 0.2) is 17.0 Å². The minimum atomic E-state index is -3.67. The molecule has 0 radical (unpaired) electrons. The van der Waals surface area contributed by atoms with Gasteiger partial charge in [-0.15, -0.1) is 0 Å². The van der Waals surface area contributed by atoms with Crippen LogP contribution >= 0.6 is 11.6 Å². The fraction of sp³-hybridized carbons (Fsp3) is 0.625. The second-order valence-electron chi connectivity index (χ2n) is 5.64. The van der Waals surface area contributed by atoms with Crippen molar-refractivity contribution in [2.24, 2.45) is 0 Å². The summed E-state index contributed by atoms with van der Waals surface area (Å²) in [4.78, 5) is 0.105. The van der Waals surface area contributed by atoms with E-state index in [0.29, 0.717) is 17.3 Å². The zero-order chi connectivity index (χ0) is 17.0. The number of rotatable bonds is 6. The van der Waals surface area contributed by atoms with Gasteiger partial charge in [0.2, 0.25) is 10.0 Å². The second-order valence-corrected chi connectivity index (χ2v) is 7.90. The van der Waals surface area contributed by atoms with Crippen LogP contribution in [-0.4, -0.2) is 39.5 Å². The Bertz CT molecular complexity index is 642. The van der Waals surface area contributed by atoms with Crippen LogP contribution in [0.5, 0.6) is 11.5 Å². The van der Waals surface area contributed by atoms with Gasteiger partial charge in [0.05, 0.1) is 19.2 Å². The molecule has 0 N–H and O–H groups in total. The van der Waals surface area contributed by atoms with Gasteiger partial charge in [-0.25, -0.2) is 8.42 Å². The van der Waals surface area contributed by atoms with Crippen LogP contribution < -0.4 is 9.47 Å². The van der Waals surface area contributed by atoms with E-state index >= 15 is 0 Å². The summed E-state index contributed by atoms with van der Waals surface area (Å²) < 4.78 is 38.3. The van der Waals surface area contributed by atoms with Gasteiger partial charge in [0.25, 0.3) is 0 Å². The average Bonchev–Trinajstić information content (AvgIpc) is 2.55. The van der Waals surface area contributed by atoms with Gasteiger partial charge in [-0.1, -0.05) is 37.8 Å². The van der Waals surface area contributed by atoms with Gasteiger partial charge in [-0.05, 0) is 12.8 Å². The van der Waals surface area contributed by atoms with Crippen molar-refractivity contribution < 1.29 is 17.9 Å². The predicted octanol–water partition coefficient (Wildman–Crippen LogP) is 3.70. The van der Waals surface area contributed by atoms with E-state index in [-0.39, 0.29) is 16.7 Å². The van der Waals surface area contributed by atoms with Crippen LogP contribution in [0, 0.1) is 0 Å². The van der Waals surface area contributed by atoms with Crippen molar-refractivity contribution in [2.75, 3.05) is 20.8 Å². The molecule has 0 heterocycles. The standard InChI is InChI=1S/C16H24ClNO4S/c1-4-18(12-8-6-5-7-9-12)23(19,20)16-11-14(21-2)13(17)10-15(16)22-3/h10-12H,4-9H2,1-3H3. The molecular formula is C16H24ClNO4S. The van der Waals surface area contributed by atoms with E-state index in [1.807, 2.05) is 6.92 Å². The van der Waals surface area contributed by atoms with Crippen molar-refractivity contribution in [1.29, 1.82) is 0 Å². The monoisotopic (exact) mass is 361 g/mol. The molecule has 0 unspecified atom stereocenters. The lowest BCUT2D eigenvalue weighted by Crippen LogP contribution is -2.41. The van der Waals surface area contributed by atoms with Crippen LogP contribution in [0.4, 0.5) is 0 Å². The third-order valence-electron chi connectivity index (χ3n) is 4.32. The molecule has 0 bridgehead atoms. The van der Waals surface area contributed by atoms with Crippen molar-refractivity contribution >= 4 is 21.6 Å². The molecule has 0 aromatic heterocycles. The summed E-state index contributed by atoms with van der Waals surface area (Å²) in [6.45, 7) is 2.30.